The van der Waals surface area contributed by atoms with Crippen LogP contribution in [0.15, 0.2) is 35.5 Å². The predicted octanol–water partition coefficient (Wildman–Crippen LogP) is 3.69. The second kappa shape index (κ2) is 10.8. The van der Waals surface area contributed by atoms with Crippen molar-refractivity contribution in [1.82, 2.24) is 20.0 Å². The zero-order valence-electron chi connectivity index (χ0n) is 19.1. The van der Waals surface area contributed by atoms with E-state index in [-0.39, 0.29) is 0 Å². The van der Waals surface area contributed by atoms with E-state index in [1.54, 1.807) is 0 Å². The Morgan fingerprint density at radius 2 is 1.93 bits per heavy atom. The fourth-order valence-corrected chi connectivity index (χ4v) is 4.67. The lowest BCUT2D eigenvalue weighted by Crippen LogP contribution is -2.38. The number of aromatic nitrogens is 2. The number of anilines is 1. The van der Waals surface area contributed by atoms with Crippen LogP contribution in [0, 0.1) is 0 Å². The average molecular weight is 429 g/mol. The number of benzene rings is 1. The Hall–Kier alpha value is -2.15. The van der Waals surface area contributed by atoms with Gasteiger partial charge in [-0.2, -0.15) is 16.9 Å². The predicted molar refractivity (Wildman–Crippen MR) is 130 cm³/mol. The van der Waals surface area contributed by atoms with E-state index in [4.69, 9.17) is 4.99 Å². The minimum absolute atomic E-state index is 0.408. The normalized spacial score (nSPS) is 15.0. The van der Waals surface area contributed by atoms with Gasteiger partial charge in [-0.3, -0.25) is 4.68 Å². The highest BCUT2D eigenvalue weighted by atomic mass is 32.2. The molecule has 0 amide bonds. The first-order valence-electron chi connectivity index (χ1n) is 10.9. The average Bonchev–Trinajstić information content (AvgIpc) is 3.12. The molecular formula is C23H36N6S. The minimum atomic E-state index is 0.408. The second-order valence-corrected chi connectivity index (χ2v) is 9.38. The maximum atomic E-state index is 4.89. The fraction of sp³-hybridized carbons (Fsp3) is 0.565. The second-order valence-electron chi connectivity index (χ2n) is 8.16. The Morgan fingerprint density at radius 1 is 1.23 bits per heavy atom. The lowest BCUT2D eigenvalue weighted by atomic mass is 10.1. The summed E-state index contributed by atoms with van der Waals surface area (Å²) in [4.78, 5) is 9.55. The maximum Gasteiger partial charge on any atom is 0.194 e. The Morgan fingerprint density at radius 3 is 2.57 bits per heavy atom. The topological polar surface area (TPSA) is 48.7 Å². The number of rotatable bonds is 7. The van der Waals surface area contributed by atoms with Crippen LogP contribution in [0.5, 0.6) is 0 Å². The van der Waals surface area contributed by atoms with Gasteiger partial charge in [0.15, 0.2) is 5.96 Å². The smallest absolute Gasteiger partial charge is 0.194 e. The Bertz CT molecular complexity index is 821. The van der Waals surface area contributed by atoms with Crippen LogP contribution in [0.2, 0.25) is 0 Å². The molecule has 0 bridgehead atoms. The first kappa shape index (κ1) is 22.5. The number of hydrogen-bond donors (Lipinski definition) is 1. The molecule has 164 valence electrons. The number of hydrogen-bond acceptors (Lipinski definition) is 4. The van der Waals surface area contributed by atoms with Crippen LogP contribution in [-0.2, 0) is 20.1 Å². The van der Waals surface area contributed by atoms with Crippen molar-refractivity contribution in [2.75, 3.05) is 43.1 Å². The van der Waals surface area contributed by atoms with Gasteiger partial charge in [0.25, 0.3) is 0 Å². The van der Waals surface area contributed by atoms with Crippen molar-refractivity contribution in [3.05, 3.63) is 47.3 Å². The molecule has 3 rings (SSSR count). The minimum Gasteiger partial charge on any atom is -0.370 e. The summed E-state index contributed by atoms with van der Waals surface area (Å²) in [5.74, 6) is 3.78. The number of aryl methyl sites for hydroxylation is 1. The molecule has 1 N–H and O–H groups in total. The van der Waals surface area contributed by atoms with Crippen molar-refractivity contribution >= 4 is 23.4 Å². The first-order valence-corrected chi connectivity index (χ1v) is 12.1. The number of nitrogens with one attached hydrogen (secondary N) is 1. The number of nitrogens with zero attached hydrogens (tertiary/aromatic N) is 5. The summed E-state index contributed by atoms with van der Waals surface area (Å²) >= 11 is 2.04. The van der Waals surface area contributed by atoms with Gasteiger partial charge in [-0.1, -0.05) is 26.0 Å². The van der Waals surface area contributed by atoms with Crippen LogP contribution >= 0.6 is 11.8 Å². The summed E-state index contributed by atoms with van der Waals surface area (Å²) in [6.07, 6.45) is 2.12. The molecule has 0 atom stereocenters. The van der Waals surface area contributed by atoms with Crippen LogP contribution < -0.4 is 10.2 Å². The summed E-state index contributed by atoms with van der Waals surface area (Å²) in [5.41, 5.74) is 4.97. The van der Waals surface area contributed by atoms with Gasteiger partial charge in [-0.05, 0) is 30.5 Å². The number of thioether (sulfide) groups is 1. The van der Waals surface area contributed by atoms with Crippen LogP contribution in [0.1, 0.15) is 43.5 Å². The fourth-order valence-electron chi connectivity index (χ4n) is 3.76. The van der Waals surface area contributed by atoms with Crippen LogP contribution in [-0.4, -0.2) is 58.8 Å². The molecule has 1 aliphatic rings. The van der Waals surface area contributed by atoms with Gasteiger partial charge in [-0.15, -0.1) is 0 Å². The Kier molecular flexibility index (Phi) is 8.08. The van der Waals surface area contributed by atoms with E-state index in [9.17, 15) is 0 Å². The van der Waals surface area contributed by atoms with Crippen molar-refractivity contribution in [3.8, 4) is 0 Å². The van der Waals surface area contributed by atoms with Gasteiger partial charge >= 0.3 is 0 Å². The van der Waals surface area contributed by atoms with Gasteiger partial charge in [0.2, 0.25) is 0 Å². The molecule has 1 saturated heterocycles. The van der Waals surface area contributed by atoms with Crippen LogP contribution in [0.4, 0.5) is 5.69 Å². The van der Waals surface area contributed by atoms with Gasteiger partial charge in [-0.25, -0.2) is 4.99 Å². The summed E-state index contributed by atoms with van der Waals surface area (Å²) in [7, 11) is 4.08. The lowest BCUT2D eigenvalue weighted by molar-refractivity contribution is 0.473. The molecule has 1 aromatic heterocycles. The van der Waals surface area contributed by atoms with E-state index in [1.165, 1.54) is 28.3 Å². The quantitative estimate of drug-likeness (QED) is 0.538. The molecular weight excluding hydrogens is 392 g/mol. The highest BCUT2D eigenvalue weighted by Gasteiger charge is 2.15. The molecule has 0 spiro atoms. The molecule has 0 radical (unpaired) electrons. The molecule has 30 heavy (non-hydrogen) atoms. The molecule has 0 aliphatic carbocycles. The highest BCUT2D eigenvalue weighted by molar-refractivity contribution is 7.99. The van der Waals surface area contributed by atoms with Crippen molar-refractivity contribution in [2.24, 2.45) is 12.0 Å². The third-order valence-corrected chi connectivity index (χ3v) is 6.25. The van der Waals surface area contributed by atoms with Gasteiger partial charge < -0.3 is 15.1 Å². The third kappa shape index (κ3) is 5.94. The maximum absolute atomic E-state index is 4.89. The molecule has 2 heterocycles. The van der Waals surface area contributed by atoms with E-state index in [0.717, 1.165) is 37.8 Å². The van der Waals surface area contributed by atoms with Crippen LogP contribution in [0.3, 0.4) is 0 Å². The van der Waals surface area contributed by atoms with Gasteiger partial charge in [0, 0.05) is 69.2 Å². The summed E-state index contributed by atoms with van der Waals surface area (Å²) < 4.78 is 1.91. The molecule has 1 aliphatic heterocycles. The SMILES string of the molecule is CCNC(=NCc1ccc(N2CCSCC2)cc1)N(C)Cc1cn(C)nc1C(C)C. The van der Waals surface area contributed by atoms with E-state index in [0.29, 0.717) is 12.5 Å². The zero-order chi connectivity index (χ0) is 21.5. The molecule has 7 heteroatoms. The van der Waals surface area contributed by atoms with E-state index in [2.05, 4.69) is 78.5 Å². The van der Waals surface area contributed by atoms with E-state index in [1.807, 2.05) is 23.5 Å². The molecule has 6 nitrogen and oxygen atoms in total. The van der Waals surface area contributed by atoms with Crippen molar-refractivity contribution in [3.63, 3.8) is 0 Å². The lowest BCUT2D eigenvalue weighted by Gasteiger charge is -2.28. The third-order valence-electron chi connectivity index (χ3n) is 5.31. The van der Waals surface area contributed by atoms with E-state index < -0.39 is 0 Å². The summed E-state index contributed by atoms with van der Waals surface area (Å²) in [5, 5.41) is 8.06. The molecule has 1 fully saturated rings. The van der Waals surface area contributed by atoms with Crippen molar-refractivity contribution in [1.29, 1.82) is 0 Å². The number of aliphatic imine (C=N–C) groups is 1. The van der Waals surface area contributed by atoms with Crippen molar-refractivity contribution in [2.45, 2.75) is 39.8 Å². The number of guanidine groups is 1. The largest absolute Gasteiger partial charge is 0.370 e. The van der Waals surface area contributed by atoms with Gasteiger partial charge in [0.1, 0.15) is 0 Å². The zero-order valence-corrected chi connectivity index (χ0v) is 19.9. The van der Waals surface area contributed by atoms with Gasteiger partial charge in [0.05, 0.1) is 12.2 Å². The van der Waals surface area contributed by atoms with Crippen LogP contribution in [0.25, 0.3) is 0 Å². The monoisotopic (exact) mass is 428 g/mol. The van der Waals surface area contributed by atoms with E-state index >= 15 is 0 Å². The summed E-state index contributed by atoms with van der Waals surface area (Å²) in [6, 6.07) is 8.90. The Labute approximate surface area is 185 Å². The van der Waals surface area contributed by atoms with Crippen molar-refractivity contribution < 1.29 is 0 Å². The molecule has 0 unspecified atom stereocenters. The molecule has 2 aromatic rings. The highest BCUT2D eigenvalue weighted by Crippen LogP contribution is 2.21. The Balaban J connectivity index is 1.66. The molecule has 0 saturated carbocycles. The first-order chi connectivity index (χ1) is 14.5. The standard InChI is InChI=1S/C23H36N6S/c1-6-24-23(27(4)16-20-17-28(5)26-22(20)18(2)3)25-15-19-7-9-21(10-8-19)29-11-13-30-14-12-29/h7-10,17-18H,6,11-16H2,1-5H3,(H,24,25). The molecule has 1 aromatic carbocycles. The summed E-state index contributed by atoms with van der Waals surface area (Å²) in [6.45, 7) is 11.1.